The highest BCUT2D eigenvalue weighted by molar-refractivity contribution is 9.10. The molecule has 20 heavy (non-hydrogen) atoms. The molecule has 0 fully saturated rings. The molecule has 1 N–H and O–H groups in total. The van der Waals surface area contributed by atoms with E-state index in [0.29, 0.717) is 5.56 Å². The minimum absolute atomic E-state index is 0.558. The number of methoxy groups -OCH3 is 1. The normalized spacial score (nSPS) is 9.95. The minimum atomic E-state index is 0.558. The molecule has 2 aromatic rings. The van der Waals surface area contributed by atoms with Crippen molar-refractivity contribution in [1.82, 2.24) is 4.98 Å². The lowest BCUT2D eigenvalue weighted by Gasteiger charge is -2.12. The van der Waals surface area contributed by atoms with Gasteiger partial charge in [0.25, 0.3) is 0 Å². The first-order chi connectivity index (χ1) is 9.55. The zero-order chi connectivity index (χ0) is 14.7. The number of pyridine rings is 1. The summed E-state index contributed by atoms with van der Waals surface area (Å²) < 4.78 is 6.05. The van der Waals surface area contributed by atoms with Crippen LogP contribution in [0.15, 0.2) is 28.7 Å². The van der Waals surface area contributed by atoms with Gasteiger partial charge in [0.15, 0.2) is 0 Å². The standard InChI is InChI=1S/C15H14BrN3O/c1-9-6-14(12(8-17)10(2)18-9)19-11-4-5-15(20-3)13(16)7-11/h4-7H,1-3H3,(H,18,19). The highest BCUT2D eigenvalue weighted by atomic mass is 79.9. The number of aryl methyl sites for hydroxylation is 2. The number of nitriles is 1. The van der Waals surface area contributed by atoms with Crippen molar-refractivity contribution in [3.63, 3.8) is 0 Å². The van der Waals surface area contributed by atoms with Crippen LogP contribution in [0.5, 0.6) is 5.75 Å². The van der Waals surface area contributed by atoms with Crippen molar-refractivity contribution in [2.45, 2.75) is 13.8 Å². The topological polar surface area (TPSA) is 57.9 Å². The molecule has 0 aliphatic heterocycles. The van der Waals surface area contributed by atoms with Crippen molar-refractivity contribution in [2.75, 3.05) is 12.4 Å². The Bertz CT molecular complexity index is 692. The van der Waals surface area contributed by atoms with E-state index in [1.807, 2.05) is 38.1 Å². The van der Waals surface area contributed by atoms with Crippen molar-refractivity contribution < 1.29 is 4.74 Å². The van der Waals surface area contributed by atoms with Crippen LogP contribution in [0.4, 0.5) is 11.4 Å². The molecule has 0 aliphatic rings. The molecule has 102 valence electrons. The molecule has 4 nitrogen and oxygen atoms in total. The van der Waals surface area contributed by atoms with E-state index in [0.717, 1.165) is 33.0 Å². The van der Waals surface area contributed by atoms with E-state index in [-0.39, 0.29) is 0 Å². The van der Waals surface area contributed by atoms with Gasteiger partial charge in [0.05, 0.1) is 28.5 Å². The fourth-order valence-corrected chi connectivity index (χ4v) is 2.51. The summed E-state index contributed by atoms with van der Waals surface area (Å²) in [5.74, 6) is 0.762. The van der Waals surface area contributed by atoms with Gasteiger partial charge < -0.3 is 10.1 Å². The molecular formula is C15H14BrN3O. The van der Waals surface area contributed by atoms with Gasteiger partial charge in [0, 0.05) is 11.4 Å². The van der Waals surface area contributed by atoms with Gasteiger partial charge in [0.2, 0.25) is 0 Å². The van der Waals surface area contributed by atoms with Crippen LogP contribution >= 0.6 is 15.9 Å². The molecule has 2 rings (SSSR count). The van der Waals surface area contributed by atoms with Gasteiger partial charge >= 0.3 is 0 Å². The van der Waals surface area contributed by atoms with Gasteiger partial charge in [-0.25, -0.2) is 0 Å². The number of hydrogen-bond donors (Lipinski definition) is 1. The number of halogens is 1. The number of aromatic nitrogens is 1. The Kier molecular flexibility index (Phi) is 4.26. The largest absolute Gasteiger partial charge is 0.496 e. The Labute approximate surface area is 126 Å². The molecule has 0 radical (unpaired) electrons. The van der Waals surface area contributed by atoms with Crippen LogP contribution in [-0.4, -0.2) is 12.1 Å². The van der Waals surface area contributed by atoms with Gasteiger partial charge in [-0.15, -0.1) is 0 Å². The lowest BCUT2D eigenvalue weighted by atomic mass is 10.1. The zero-order valence-electron chi connectivity index (χ0n) is 11.5. The van der Waals surface area contributed by atoms with E-state index in [1.165, 1.54) is 0 Å². The molecule has 0 spiro atoms. The Morgan fingerprint density at radius 1 is 1.30 bits per heavy atom. The molecule has 0 atom stereocenters. The third-order valence-electron chi connectivity index (χ3n) is 2.87. The molecular weight excluding hydrogens is 318 g/mol. The van der Waals surface area contributed by atoms with Gasteiger partial charge in [-0.05, 0) is 54.0 Å². The first-order valence-corrected chi connectivity index (χ1v) is 6.83. The SMILES string of the molecule is COc1ccc(Nc2cc(C)nc(C)c2C#N)cc1Br. The van der Waals surface area contributed by atoms with Crippen LogP contribution in [0.25, 0.3) is 0 Å². The maximum absolute atomic E-state index is 9.25. The van der Waals surface area contributed by atoms with E-state index in [4.69, 9.17) is 4.74 Å². The number of anilines is 2. The number of nitrogens with zero attached hydrogens (tertiary/aromatic N) is 2. The Balaban J connectivity index is 2.40. The fraction of sp³-hybridized carbons (Fsp3) is 0.200. The summed E-state index contributed by atoms with van der Waals surface area (Å²) in [6.45, 7) is 3.74. The molecule has 1 aromatic heterocycles. The third-order valence-corrected chi connectivity index (χ3v) is 3.49. The first kappa shape index (κ1) is 14.4. The van der Waals surface area contributed by atoms with E-state index >= 15 is 0 Å². The monoisotopic (exact) mass is 331 g/mol. The third kappa shape index (κ3) is 2.91. The Morgan fingerprint density at radius 2 is 2.05 bits per heavy atom. The lowest BCUT2D eigenvalue weighted by molar-refractivity contribution is 0.412. The molecule has 5 heteroatoms. The average Bonchev–Trinajstić information content (AvgIpc) is 2.38. The van der Waals surface area contributed by atoms with Crippen molar-refractivity contribution in [2.24, 2.45) is 0 Å². The Hall–Kier alpha value is -2.06. The summed E-state index contributed by atoms with van der Waals surface area (Å²) in [6.07, 6.45) is 0. The summed E-state index contributed by atoms with van der Waals surface area (Å²) in [6, 6.07) is 9.72. The predicted octanol–water partition coefficient (Wildman–Crippen LogP) is 4.08. The number of benzene rings is 1. The second-order valence-corrected chi connectivity index (χ2v) is 5.21. The van der Waals surface area contributed by atoms with Crippen molar-refractivity contribution >= 4 is 27.3 Å². The van der Waals surface area contributed by atoms with Crippen LogP contribution in [0, 0.1) is 25.2 Å². The average molecular weight is 332 g/mol. The predicted molar refractivity (Wildman–Crippen MR) is 82.4 cm³/mol. The highest BCUT2D eigenvalue weighted by Crippen LogP contribution is 2.30. The summed E-state index contributed by atoms with van der Waals surface area (Å²) in [5, 5.41) is 12.5. The molecule has 0 amide bonds. The van der Waals surface area contributed by atoms with E-state index in [1.54, 1.807) is 7.11 Å². The number of ether oxygens (including phenoxy) is 1. The maximum atomic E-state index is 9.25. The van der Waals surface area contributed by atoms with Gasteiger partial charge in [-0.1, -0.05) is 0 Å². The number of rotatable bonds is 3. The molecule has 0 aliphatic carbocycles. The smallest absolute Gasteiger partial charge is 0.133 e. The molecule has 0 saturated carbocycles. The van der Waals surface area contributed by atoms with Crippen LogP contribution in [0.3, 0.4) is 0 Å². The zero-order valence-corrected chi connectivity index (χ0v) is 13.1. The van der Waals surface area contributed by atoms with Crippen LogP contribution < -0.4 is 10.1 Å². The lowest BCUT2D eigenvalue weighted by Crippen LogP contribution is -1.99. The molecule has 1 aromatic carbocycles. The molecule has 0 unspecified atom stereocenters. The second-order valence-electron chi connectivity index (χ2n) is 4.36. The molecule has 0 bridgehead atoms. The van der Waals surface area contributed by atoms with Crippen molar-refractivity contribution in [1.29, 1.82) is 5.26 Å². The van der Waals surface area contributed by atoms with Crippen LogP contribution in [0.2, 0.25) is 0 Å². The van der Waals surface area contributed by atoms with E-state index < -0.39 is 0 Å². The number of hydrogen-bond acceptors (Lipinski definition) is 4. The molecule has 1 heterocycles. The summed E-state index contributed by atoms with van der Waals surface area (Å²) >= 11 is 3.44. The minimum Gasteiger partial charge on any atom is -0.496 e. The van der Waals surface area contributed by atoms with Gasteiger partial charge in [-0.3, -0.25) is 4.98 Å². The fourth-order valence-electron chi connectivity index (χ4n) is 1.97. The molecule has 0 saturated heterocycles. The summed E-state index contributed by atoms with van der Waals surface area (Å²) in [5.41, 5.74) is 3.79. The van der Waals surface area contributed by atoms with Crippen molar-refractivity contribution in [3.05, 3.63) is 45.7 Å². The summed E-state index contributed by atoms with van der Waals surface area (Å²) in [4.78, 5) is 4.30. The van der Waals surface area contributed by atoms with E-state index in [2.05, 4.69) is 32.3 Å². The van der Waals surface area contributed by atoms with Crippen LogP contribution in [-0.2, 0) is 0 Å². The quantitative estimate of drug-likeness (QED) is 0.920. The van der Waals surface area contributed by atoms with Crippen molar-refractivity contribution in [3.8, 4) is 11.8 Å². The van der Waals surface area contributed by atoms with Gasteiger partial charge in [-0.2, -0.15) is 5.26 Å². The maximum Gasteiger partial charge on any atom is 0.133 e. The Morgan fingerprint density at radius 3 is 2.65 bits per heavy atom. The van der Waals surface area contributed by atoms with Gasteiger partial charge in [0.1, 0.15) is 11.8 Å². The summed E-state index contributed by atoms with van der Waals surface area (Å²) in [7, 11) is 1.62. The highest BCUT2D eigenvalue weighted by Gasteiger charge is 2.09. The first-order valence-electron chi connectivity index (χ1n) is 6.04. The van der Waals surface area contributed by atoms with E-state index in [9.17, 15) is 5.26 Å². The second kappa shape index (κ2) is 5.93. The number of nitrogens with one attached hydrogen (secondary N) is 1. The van der Waals surface area contributed by atoms with Crippen LogP contribution in [0.1, 0.15) is 17.0 Å².